The zero-order valence-corrected chi connectivity index (χ0v) is 15.5. The first-order valence-corrected chi connectivity index (χ1v) is 10.2. The van der Waals surface area contributed by atoms with Crippen molar-refractivity contribution in [1.29, 1.82) is 0 Å². The quantitative estimate of drug-likeness (QED) is 0.899. The molecular formula is C20H27N3S. The van der Waals surface area contributed by atoms with Crippen LogP contribution < -0.4 is 5.32 Å². The second-order valence-corrected chi connectivity index (χ2v) is 9.17. The second kappa shape index (κ2) is 6.57. The Balaban J connectivity index is 1.65. The molecular weight excluding hydrogens is 314 g/mol. The fourth-order valence-electron chi connectivity index (χ4n) is 4.13. The number of rotatable bonds is 3. The number of nitrogens with zero attached hydrogens (tertiary/aromatic N) is 2. The van der Waals surface area contributed by atoms with Crippen molar-refractivity contribution in [2.24, 2.45) is 5.41 Å². The van der Waals surface area contributed by atoms with Crippen LogP contribution in [0.1, 0.15) is 50.4 Å². The molecule has 0 bridgehead atoms. The summed E-state index contributed by atoms with van der Waals surface area (Å²) in [6, 6.07) is 11.6. The fourth-order valence-corrected chi connectivity index (χ4v) is 5.24. The standard InChI is InChI=1S/C20H27N3S/c1-20(2)12-18(22-15-8-10-24-11-9-15)17-14-21-23(19(17)13-20)16-6-4-3-5-7-16/h3-7,14-15,18,22H,8-13H2,1-2H3. The summed E-state index contributed by atoms with van der Waals surface area (Å²) < 4.78 is 2.15. The van der Waals surface area contributed by atoms with E-state index in [1.165, 1.54) is 47.7 Å². The van der Waals surface area contributed by atoms with Crippen LogP contribution in [0.5, 0.6) is 0 Å². The molecule has 1 aromatic carbocycles. The number of benzene rings is 1. The number of thioether (sulfide) groups is 1. The van der Waals surface area contributed by atoms with Crippen LogP contribution in [0.25, 0.3) is 5.69 Å². The molecule has 0 spiro atoms. The van der Waals surface area contributed by atoms with Gasteiger partial charge >= 0.3 is 0 Å². The predicted octanol–water partition coefficient (Wildman–Crippen LogP) is 4.37. The molecule has 1 aliphatic heterocycles. The van der Waals surface area contributed by atoms with Gasteiger partial charge in [0.2, 0.25) is 0 Å². The highest BCUT2D eigenvalue weighted by atomic mass is 32.2. The highest BCUT2D eigenvalue weighted by molar-refractivity contribution is 7.99. The van der Waals surface area contributed by atoms with E-state index in [1.54, 1.807) is 0 Å². The Bertz CT molecular complexity index is 686. The first-order valence-electron chi connectivity index (χ1n) is 9.08. The Morgan fingerprint density at radius 3 is 2.67 bits per heavy atom. The summed E-state index contributed by atoms with van der Waals surface area (Å²) in [6.45, 7) is 4.79. The lowest BCUT2D eigenvalue weighted by Crippen LogP contribution is -2.40. The van der Waals surface area contributed by atoms with Crippen LogP contribution in [-0.4, -0.2) is 27.3 Å². The molecule has 1 aliphatic carbocycles. The van der Waals surface area contributed by atoms with Gasteiger partial charge < -0.3 is 5.32 Å². The molecule has 1 fully saturated rings. The molecule has 4 heteroatoms. The van der Waals surface area contributed by atoms with Crippen molar-refractivity contribution >= 4 is 11.8 Å². The molecule has 1 unspecified atom stereocenters. The van der Waals surface area contributed by atoms with Crippen molar-refractivity contribution in [3.63, 3.8) is 0 Å². The smallest absolute Gasteiger partial charge is 0.0648 e. The molecule has 4 rings (SSSR count). The van der Waals surface area contributed by atoms with Crippen LogP contribution in [0.15, 0.2) is 36.5 Å². The average molecular weight is 342 g/mol. The number of hydrogen-bond acceptors (Lipinski definition) is 3. The van der Waals surface area contributed by atoms with Crippen LogP contribution in [0.2, 0.25) is 0 Å². The van der Waals surface area contributed by atoms with Gasteiger partial charge in [0.05, 0.1) is 11.9 Å². The van der Waals surface area contributed by atoms with Crippen molar-refractivity contribution in [2.75, 3.05) is 11.5 Å². The van der Waals surface area contributed by atoms with Gasteiger partial charge in [0.15, 0.2) is 0 Å². The molecule has 2 aliphatic rings. The Labute approximate surface area is 149 Å². The maximum atomic E-state index is 4.75. The van der Waals surface area contributed by atoms with Gasteiger partial charge in [-0.05, 0) is 54.7 Å². The summed E-state index contributed by atoms with van der Waals surface area (Å²) in [7, 11) is 0. The summed E-state index contributed by atoms with van der Waals surface area (Å²) in [4.78, 5) is 0. The molecule has 1 saturated heterocycles. The normalized spacial score (nSPS) is 23.8. The molecule has 24 heavy (non-hydrogen) atoms. The van der Waals surface area contributed by atoms with Crippen molar-refractivity contribution in [3.05, 3.63) is 47.8 Å². The number of nitrogens with one attached hydrogen (secondary N) is 1. The molecule has 0 saturated carbocycles. The summed E-state index contributed by atoms with van der Waals surface area (Å²) in [5.41, 5.74) is 4.28. The monoisotopic (exact) mass is 341 g/mol. The topological polar surface area (TPSA) is 29.9 Å². The summed E-state index contributed by atoms with van der Waals surface area (Å²) >= 11 is 2.09. The van der Waals surface area contributed by atoms with E-state index in [2.05, 4.69) is 72.1 Å². The summed E-state index contributed by atoms with van der Waals surface area (Å²) in [5, 5.41) is 8.72. The van der Waals surface area contributed by atoms with Crippen LogP contribution >= 0.6 is 11.8 Å². The van der Waals surface area contributed by atoms with Crippen LogP contribution in [-0.2, 0) is 6.42 Å². The van der Waals surface area contributed by atoms with Gasteiger partial charge in [-0.25, -0.2) is 4.68 Å². The molecule has 128 valence electrons. The first kappa shape index (κ1) is 16.2. The molecule has 0 radical (unpaired) electrons. The molecule has 2 heterocycles. The Morgan fingerprint density at radius 1 is 1.17 bits per heavy atom. The molecule has 2 aromatic rings. The third-order valence-corrected chi connectivity index (χ3v) is 6.39. The molecule has 1 aromatic heterocycles. The third-order valence-electron chi connectivity index (χ3n) is 5.34. The minimum absolute atomic E-state index is 0.306. The van der Waals surface area contributed by atoms with E-state index in [1.807, 2.05) is 0 Å². The van der Waals surface area contributed by atoms with E-state index in [4.69, 9.17) is 5.10 Å². The van der Waals surface area contributed by atoms with Crippen molar-refractivity contribution < 1.29 is 0 Å². The molecule has 1 atom stereocenters. The van der Waals surface area contributed by atoms with E-state index in [-0.39, 0.29) is 0 Å². The molecule has 3 nitrogen and oxygen atoms in total. The zero-order valence-electron chi connectivity index (χ0n) is 14.7. The molecule has 1 N–H and O–H groups in total. The Kier molecular flexibility index (Phi) is 4.44. The van der Waals surface area contributed by atoms with Gasteiger partial charge in [-0.15, -0.1) is 0 Å². The highest BCUT2D eigenvalue weighted by Crippen LogP contribution is 2.42. The van der Waals surface area contributed by atoms with Crippen LogP contribution in [0.4, 0.5) is 0 Å². The van der Waals surface area contributed by atoms with Gasteiger partial charge in [-0.3, -0.25) is 0 Å². The van der Waals surface area contributed by atoms with Crippen molar-refractivity contribution in [2.45, 2.75) is 51.6 Å². The van der Waals surface area contributed by atoms with Gasteiger partial charge in [-0.2, -0.15) is 16.9 Å². The lowest BCUT2D eigenvalue weighted by atomic mass is 9.74. The van der Waals surface area contributed by atoms with E-state index in [9.17, 15) is 0 Å². The number of fused-ring (bicyclic) bond motifs is 1. The average Bonchev–Trinajstić information content (AvgIpc) is 2.99. The van der Waals surface area contributed by atoms with E-state index in [0.717, 1.165) is 6.42 Å². The first-order chi connectivity index (χ1) is 11.6. The second-order valence-electron chi connectivity index (χ2n) is 7.94. The Hall–Kier alpha value is -1.26. The van der Waals surface area contributed by atoms with E-state index >= 15 is 0 Å². The SMILES string of the molecule is CC1(C)Cc2c(cnn2-c2ccccc2)C(NC2CCSCC2)C1. The van der Waals surface area contributed by atoms with Gasteiger partial charge in [0.1, 0.15) is 0 Å². The number of para-hydroxylation sites is 1. The minimum atomic E-state index is 0.306. The number of hydrogen-bond donors (Lipinski definition) is 1. The maximum absolute atomic E-state index is 4.75. The lowest BCUT2D eigenvalue weighted by Gasteiger charge is -2.38. The predicted molar refractivity (Wildman–Crippen MR) is 102 cm³/mol. The lowest BCUT2D eigenvalue weighted by molar-refractivity contribution is 0.238. The van der Waals surface area contributed by atoms with Gasteiger partial charge in [0, 0.05) is 23.3 Å². The van der Waals surface area contributed by atoms with E-state index < -0.39 is 0 Å². The molecule has 0 amide bonds. The Morgan fingerprint density at radius 2 is 1.92 bits per heavy atom. The summed E-state index contributed by atoms with van der Waals surface area (Å²) in [5.74, 6) is 2.59. The number of aromatic nitrogens is 2. The van der Waals surface area contributed by atoms with Gasteiger partial charge in [0.25, 0.3) is 0 Å². The third kappa shape index (κ3) is 3.27. The van der Waals surface area contributed by atoms with Crippen molar-refractivity contribution in [1.82, 2.24) is 15.1 Å². The van der Waals surface area contributed by atoms with E-state index in [0.29, 0.717) is 17.5 Å². The maximum Gasteiger partial charge on any atom is 0.0648 e. The summed E-state index contributed by atoms with van der Waals surface area (Å²) in [6.07, 6.45) is 6.99. The van der Waals surface area contributed by atoms with Crippen LogP contribution in [0.3, 0.4) is 0 Å². The van der Waals surface area contributed by atoms with Gasteiger partial charge in [-0.1, -0.05) is 32.0 Å². The van der Waals surface area contributed by atoms with Crippen molar-refractivity contribution in [3.8, 4) is 5.69 Å². The van der Waals surface area contributed by atoms with Crippen LogP contribution in [0, 0.1) is 5.41 Å². The largest absolute Gasteiger partial charge is 0.307 e. The minimum Gasteiger partial charge on any atom is -0.307 e. The fraction of sp³-hybridized carbons (Fsp3) is 0.550. The highest BCUT2D eigenvalue weighted by Gasteiger charge is 2.36. The zero-order chi connectivity index (χ0) is 16.6.